The highest BCUT2D eigenvalue weighted by atomic mass is 32.1. The lowest BCUT2D eigenvalue weighted by Crippen LogP contribution is -2.30. The number of hydrogen-bond donors (Lipinski definition) is 1. The number of hydrogen-bond acceptors (Lipinski definition) is 4. The zero-order chi connectivity index (χ0) is 18.5. The van der Waals surface area contributed by atoms with Gasteiger partial charge < -0.3 is 10.1 Å². The van der Waals surface area contributed by atoms with Crippen LogP contribution < -0.4 is 10.1 Å². The summed E-state index contributed by atoms with van der Waals surface area (Å²) in [6.07, 6.45) is 0. The van der Waals surface area contributed by atoms with Crippen molar-refractivity contribution in [3.63, 3.8) is 0 Å². The summed E-state index contributed by atoms with van der Waals surface area (Å²) < 4.78 is 7.83. The molecule has 5 rings (SSSR count). The summed E-state index contributed by atoms with van der Waals surface area (Å²) in [6.45, 7) is 1.96. The van der Waals surface area contributed by atoms with Gasteiger partial charge in [-0.25, -0.2) is 0 Å². The van der Waals surface area contributed by atoms with Gasteiger partial charge in [0, 0.05) is 23.6 Å². The number of benzene rings is 2. The van der Waals surface area contributed by atoms with Crippen molar-refractivity contribution in [3.8, 4) is 11.5 Å². The van der Waals surface area contributed by atoms with Gasteiger partial charge in [0.2, 0.25) is 0 Å². The molecule has 0 saturated carbocycles. The van der Waals surface area contributed by atoms with Crippen molar-refractivity contribution < 1.29 is 9.53 Å². The number of ether oxygens (including phenoxy) is 1. The zero-order valence-corrected chi connectivity index (χ0v) is 15.7. The van der Waals surface area contributed by atoms with E-state index < -0.39 is 0 Å². The molecule has 1 N–H and O–H groups in total. The minimum Gasteiger partial charge on any atom is -0.457 e. The molecule has 0 unspecified atom stereocenters. The van der Waals surface area contributed by atoms with Gasteiger partial charge in [-0.1, -0.05) is 36.4 Å². The molecule has 0 atom stereocenters. The maximum atomic E-state index is 13.1. The zero-order valence-electron chi connectivity index (χ0n) is 14.9. The molecular formula is C21H17N3O2S. The number of amides is 1. The highest BCUT2D eigenvalue weighted by Crippen LogP contribution is 2.42. The monoisotopic (exact) mass is 375 g/mol. The minimum absolute atomic E-state index is 0.0906. The first-order valence-corrected chi connectivity index (χ1v) is 9.53. The maximum Gasteiger partial charge on any atom is 0.262 e. The predicted octanol–water partition coefficient (Wildman–Crippen LogP) is 4.57. The first-order chi connectivity index (χ1) is 13.1. The molecule has 1 amide bonds. The van der Waals surface area contributed by atoms with E-state index in [1.54, 1.807) is 0 Å². The van der Waals surface area contributed by atoms with Crippen molar-refractivity contribution in [2.45, 2.75) is 13.0 Å². The number of aromatic nitrogens is 2. The van der Waals surface area contributed by atoms with E-state index in [9.17, 15) is 4.79 Å². The third-order valence-electron chi connectivity index (χ3n) is 4.88. The average Bonchev–Trinajstić information content (AvgIpc) is 3.23. The smallest absolute Gasteiger partial charge is 0.262 e. The fraction of sp³-hybridized carbons (Fsp3) is 0.143. The van der Waals surface area contributed by atoms with Crippen molar-refractivity contribution in [2.75, 3.05) is 0 Å². The molecule has 5 nitrogen and oxygen atoms in total. The average molecular weight is 375 g/mol. The van der Waals surface area contributed by atoms with Crippen LogP contribution in [-0.4, -0.2) is 15.7 Å². The van der Waals surface area contributed by atoms with Gasteiger partial charge in [0.25, 0.3) is 5.91 Å². The van der Waals surface area contributed by atoms with Crippen LogP contribution in [0.1, 0.15) is 32.5 Å². The quantitative estimate of drug-likeness (QED) is 0.558. The summed E-state index contributed by atoms with van der Waals surface area (Å²) >= 11 is 1.46. The first kappa shape index (κ1) is 16.1. The molecule has 2 aromatic heterocycles. The largest absolute Gasteiger partial charge is 0.457 e. The summed E-state index contributed by atoms with van der Waals surface area (Å²) in [6, 6.07) is 17.3. The number of carbonyl (C=O) groups excluding carboxylic acids is 1. The summed E-state index contributed by atoms with van der Waals surface area (Å²) in [5.74, 6) is 1.46. The van der Waals surface area contributed by atoms with Gasteiger partial charge in [0.15, 0.2) is 0 Å². The van der Waals surface area contributed by atoms with E-state index >= 15 is 0 Å². The summed E-state index contributed by atoms with van der Waals surface area (Å²) in [4.78, 5) is 14.7. The lowest BCUT2D eigenvalue weighted by atomic mass is 9.94. The number of nitrogens with one attached hydrogen (secondary N) is 1. The summed E-state index contributed by atoms with van der Waals surface area (Å²) in [5, 5.41) is 8.63. The normalized spacial score (nSPS) is 13.1. The Bertz CT molecular complexity index is 1110. The van der Waals surface area contributed by atoms with E-state index in [0.717, 1.165) is 38.5 Å². The van der Waals surface area contributed by atoms with Crippen molar-refractivity contribution in [1.82, 2.24) is 15.1 Å². The van der Waals surface area contributed by atoms with Crippen LogP contribution in [0.4, 0.5) is 0 Å². The number of carbonyl (C=O) groups is 1. The second-order valence-corrected chi connectivity index (χ2v) is 7.65. The Morgan fingerprint density at radius 3 is 2.37 bits per heavy atom. The van der Waals surface area contributed by atoms with Crippen LogP contribution in [0.3, 0.4) is 0 Å². The van der Waals surface area contributed by atoms with E-state index in [1.807, 2.05) is 73.3 Å². The second-order valence-electron chi connectivity index (χ2n) is 6.62. The number of nitrogens with zero attached hydrogens (tertiary/aromatic N) is 2. The first-order valence-electron chi connectivity index (χ1n) is 8.71. The Morgan fingerprint density at radius 1 is 1.11 bits per heavy atom. The second kappa shape index (κ2) is 5.96. The number of fused-ring (bicyclic) bond motifs is 3. The Balaban J connectivity index is 1.54. The predicted molar refractivity (Wildman–Crippen MR) is 106 cm³/mol. The van der Waals surface area contributed by atoms with E-state index in [2.05, 4.69) is 10.4 Å². The third-order valence-corrected chi connectivity index (χ3v) is 6.08. The Labute approximate surface area is 160 Å². The van der Waals surface area contributed by atoms with E-state index in [0.29, 0.717) is 4.88 Å². The molecule has 0 saturated heterocycles. The molecule has 134 valence electrons. The molecule has 6 heteroatoms. The molecule has 1 aliphatic rings. The van der Waals surface area contributed by atoms with Gasteiger partial charge in [-0.05, 0) is 25.1 Å². The minimum atomic E-state index is -0.247. The number of aryl methyl sites for hydroxylation is 2. The van der Waals surface area contributed by atoms with Crippen LogP contribution >= 0.6 is 11.3 Å². The molecule has 2 aromatic carbocycles. The molecule has 0 aliphatic carbocycles. The SMILES string of the molecule is Cc1nn(C)c2sc(C(=O)NC3c4ccccc4Oc4ccccc43)cc12. The number of para-hydroxylation sites is 2. The van der Waals surface area contributed by atoms with Crippen LogP contribution in [0.25, 0.3) is 10.2 Å². The van der Waals surface area contributed by atoms with Crippen molar-refractivity contribution in [1.29, 1.82) is 0 Å². The fourth-order valence-corrected chi connectivity index (χ4v) is 4.61. The van der Waals surface area contributed by atoms with Gasteiger partial charge >= 0.3 is 0 Å². The van der Waals surface area contributed by atoms with E-state index in [-0.39, 0.29) is 11.9 Å². The molecule has 27 heavy (non-hydrogen) atoms. The lowest BCUT2D eigenvalue weighted by molar-refractivity contribution is 0.0945. The summed E-state index contributed by atoms with van der Waals surface area (Å²) in [5.41, 5.74) is 2.86. The lowest BCUT2D eigenvalue weighted by Gasteiger charge is -2.28. The van der Waals surface area contributed by atoms with Gasteiger partial charge in [0.05, 0.1) is 16.6 Å². The highest BCUT2D eigenvalue weighted by molar-refractivity contribution is 7.20. The Kier molecular flexibility index (Phi) is 3.55. The van der Waals surface area contributed by atoms with Crippen LogP contribution in [0, 0.1) is 6.92 Å². The van der Waals surface area contributed by atoms with E-state index in [4.69, 9.17) is 4.74 Å². The highest BCUT2D eigenvalue weighted by Gasteiger charge is 2.29. The molecule has 3 heterocycles. The summed E-state index contributed by atoms with van der Waals surface area (Å²) in [7, 11) is 1.90. The number of thiophene rings is 1. The van der Waals surface area contributed by atoms with Gasteiger partial charge in [-0.3, -0.25) is 9.48 Å². The maximum absolute atomic E-state index is 13.1. The Hall–Kier alpha value is -3.12. The molecule has 1 aliphatic heterocycles. The van der Waals surface area contributed by atoms with Crippen LogP contribution in [0.15, 0.2) is 54.6 Å². The molecule has 0 bridgehead atoms. The van der Waals surface area contributed by atoms with Crippen molar-refractivity contribution in [2.24, 2.45) is 7.05 Å². The molecular weight excluding hydrogens is 358 g/mol. The fourth-order valence-electron chi connectivity index (χ4n) is 3.58. The molecule has 4 aromatic rings. The van der Waals surface area contributed by atoms with Gasteiger partial charge in [-0.15, -0.1) is 11.3 Å². The van der Waals surface area contributed by atoms with E-state index in [1.165, 1.54) is 11.3 Å². The van der Waals surface area contributed by atoms with Crippen LogP contribution in [0.5, 0.6) is 11.5 Å². The molecule has 0 radical (unpaired) electrons. The third kappa shape index (κ3) is 2.52. The standard InChI is InChI=1S/C21H17N3O2S/c1-12-15-11-18(27-21(15)24(2)23-12)20(25)22-19-13-7-3-5-9-16(13)26-17-10-6-4-8-14(17)19/h3-11,19H,1-2H3,(H,22,25). The molecule has 0 fully saturated rings. The molecule has 0 spiro atoms. The van der Waals surface area contributed by atoms with Crippen LogP contribution in [0.2, 0.25) is 0 Å². The van der Waals surface area contributed by atoms with Crippen LogP contribution in [-0.2, 0) is 7.05 Å². The van der Waals surface area contributed by atoms with Crippen molar-refractivity contribution >= 4 is 27.5 Å². The van der Waals surface area contributed by atoms with Gasteiger partial charge in [0.1, 0.15) is 16.3 Å². The number of rotatable bonds is 2. The topological polar surface area (TPSA) is 56.2 Å². The van der Waals surface area contributed by atoms with Gasteiger partial charge in [-0.2, -0.15) is 5.10 Å². The van der Waals surface area contributed by atoms with Crippen molar-refractivity contribution in [3.05, 3.63) is 76.3 Å². The Morgan fingerprint density at radius 2 is 1.74 bits per heavy atom.